The lowest BCUT2D eigenvalue weighted by atomic mass is 9.98. The van der Waals surface area contributed by atoms with Gasteiger partial charge < -0.3 is 10.8 Å². The van der Waals surface area contributed by atoms with Crippen LogP contribution in [-0.2, 0) is 11.2 Å². The summed E-state index contributed by atoms with van der Waals surface area (Å²) in [5.41, 5.74) is 8.15. The molecule has 0 saturated heterocycles. The Balaban J connectivity index is 2.42. The molecule has 0 saturated carbocycles. The molecule has 19 heavy (non-hydrogen) atoms. The van der Waals surface area contributed by atoms with Gasteiger partial charge in [-0.25, -0.2) is 0 Å². The SMILES string of the molecule is CC(C)c1ccc(CCC(=O)CC(N)C(C)O)cc1. The van der Waals surface area contributed by atoms with Crippen LogP contribution in [0.25, 0.3) is 0 Å². The van der Waals surface area contributed by atoms with Crippen LogP contribution in [0.2, 0.25) is 0 Å². The summed E-state index contributed by atoms with van der Waals surface area (Å²) in [5.74, 6) is 0.640. The number of benzene rings is 1. The number of rotatable bonds is 7. The van der Waals surface area contributed by atoms with Gasteiger partial charge in [-0.3, -0.25) is 4.79 Å². The van der Waals surface area contributed by atoms with Crippen molar-refractivity contribution in [3.63, 3.8) is 0 Å². The third kappa shape index (κ3) is 5.53. The van der Waals surface area contributed by atoms with Crippen LogP contribution in [0, 0.1) is 0 Å². The predicted octanol–water partition coefficient (Wildman–Crippen LogP) is 2.41. The van der Waals surface area contributed by atoms with Gasteiger partial charge in [0.1, 0.15) is 5.78 Å². The van der Waals surface area contributed by atoms with Crippen molar-refractivity contribution in [2.45, 2.75) is 58.1 Å². The summed E-state index contributed by atoms with van der Waals surface area (Å²) >= 11 is 0. The highest BCUT2D eigenvalue weighted by atomic mass is 16.3. The Labute approximate surface area is 115 Å². The van der Waals surface area contributed by atoms with Crippen LogP contribution >= 0.6 is 0 Å². The molecule has 0 fully saturated rings. The van der Waals surface area contributed by atoms with Crippen molar-refractivity contribution < 1.29 is 9.90 Å². The van der Waals surface area contributed by atoms with Gasteiger partial charge in [0.25, 0.3) is 0 Å². The third-order valence-electron chi connectivity index (χ3n) is 3.42. The van der Waals surface area contributed by atoms with Gasteiger partial charge in [0.2, 0.25) is 0 Å². The molecule has 0 amide bonds. The molecule has 2 unspecified atom stereocenters. The highest BCUT2D eigenvalue weighted by Gasteiger charge is 2.14. The third-order valence-corrected chi connectivity index (χ3v) is 3.42. The van der Waals surface area contributed by atoms with E-state index in [4.69, 9.17) is 5.73 Å². The average molecular weight is 263 g/mol. The summed E-state index contributed by atoms with van der Waals surface area (Å²) in [6.07, 6.45) is 0.849. The summed E-state index contributed by atoms with van der Waals surface area (Å²) < 4.78 is 0. The number of Topliss-reactive ketones (excluding diaryl/α,β-unsaturated/α-hetero) is 1. The largest absolute Gasteiger partial charge is 0.392 e. The Morgan fingerprint density at radius 2 is 1.79 bits per heavy atom. The van der Waals surface area contributed by atoms with E-state index >= 15 is 0 Å². The molecule has 0 radical (unpaired) electrons. The van der Waals surface area contributed by atoms with Crippen molar-refractivity contribution in [2.24, 2.45) is 5.73 Å². The summed E-state index contributed by atoms with van der Waals surface area (Å²) in [6.45, 7) is 5.94. The maximum atomic E-state index is 11.7. The van der Waals surface area contributed by atoms with Gasteiger partial charge in [-0.15, -0.1) is 0 Å². The Hall–Kier alpha value is -1.19. The number of ketones is 1. The van der Waals surface area contributed by atoms with E-state index in [9.17, 15) is 9.90 Å². The molecule has 3 N–H and O–H groups in total. The molecular formula is C16H25NO2. The van der Waals surface area contributed by atoms with Crippen molar-refractivity contribution in [1.82, 2.24) is 0 Å². The number of carbonyl (C=O) groups is 1. The second kappa shape index (κ2) is 7.41. The van der Waals surface area contributed by atoms with Crippen LogP contribution in [0.5, 0.6) is 0 Å². The van der Waals surface area contributed by atoms with Crippen LogP contribution < -0.4 is 5.73 Å². The number of nitrogens with two attached hydrogens (primary N) is 1. The van der Waals surface area contributed by atoms with Crippen LogP contribution in [0.4, 0.5) is 0 Å². The zero-order valence-corrected chi connectivity index (χ0v) is 12.1. The minimum absolute atomic E-state index is 0.112. The van der Waals surface area contributed by atoms with Gasteiger partial charge in [-0.05, 0) is 30.4 Å². The molecule has 3 nitrogen and oxygen atoms in total. The van der Waals surface area contributed by atoms with Gasteiger partial charge in [0.15, 0.2) is 0 Å². The topological polar surface area (TPSA) is 63.3 Å². The summed E-state index contributed by atoms with van der Waals surface area (Å²) in [4.78, 5) is 11.7. The number of aryl methyl sites for hydroxylation is 1. The fourth-order valence-electron chi connectivity index (χ4n) is 1.89. The quantitative estimate of drug-likeness (QED) is 0.794. The van der Waals surface area contributed by atoms with Crippen LogP contribution in [0.1, 0.15) is 50.7 Å². The number of carbonyl (C=O) groups excluding carboxylic acids is 1. The summed E-state index contributed by atoms with van der Waals surface area (Å²) in [5, 5.41) is 9.26. The Kier molecular flexibility index (Phi) is 6.19. The molecule has 0 aliphatic heterocycles. The number of aliphatic hydroxyl groups excluding tert-OH is 1. The zero-order chi connectivity index (χ0) is 14.4. The maximum absolute atomic E-state index is 11.7. The van der Waals surface area contributed by atoms with Gasteiger partial charge in [-0.1, -0.05) is 38.1 Å². The normalized spacial score (nSPS) is 14.4. The molecule has 0 aliphatic carbocycles. The molecule has 0 aliphatic rings. The molecule has 1 aromatic carbocycles. The zero-order valence-electron chi connectivity index (χ0n) is 12.1. The van der Waals surface area contributed by atoms with E-state index in [1.807, 2.05) is 0 Å². The van der Waals surface area contributed by atoms with Crippen molar-refractivity contribution in [3.8, 4) is 0 Å². The van der Waals surface area contributed by atoms with E-state index < -0.39 is 12.1 Å². The fourth-order valence-corrected chi connectivity index (χ4v) is 1.89. The second-order valence-electron chi connectivity index (χ2n) is 5.54. The summed E-state index contributed by atoms with van der Waals surface area (Å²) in [6, 6.07) is 7.95. The first-order valence-corrected chi connectivity index (χ1v) is 6.94. The maximum Gasteiger partial charge on any atom is 0.134 e. The van der Waals surface area contributed by atoms with E-state index in [1.54, 1.807) is 6.92 Å². The van der Waals surface area contributed by atoms with Crippen molar-refractivity contribution in [3.05, 3.63) is 35.4 Å². The molecule has 1 aromatic rings. The fraction of sp³-hybridized carbons (Fsp3) is 0.562. The van der Waals surface area contributed by atoms with E-state index in [2.05, 4.69) is 38.1 Å². The van der Waals surface area contributed by atoms with E-state index in [0.29, 0.717) is 12.3 Å². The Morgan fingerprint density at radius 3 is 2.26 bits per heavy atom. The number of hydrogen-bond acceptors (Lipinski definition) is 3. The average Bonchev–Trinajstić information content (AvgIpc) is 2.36. The van der Waals surface area contributed by atoms with Crippen molar-refractivity contribution in [2.75, 3.05) is 0 Å². The number of hydrogen-bond donors (Lipinski definition) is 2. The molecule has 3 heteroatoms. The molecule has 106 valence electrons. The lowest BCUT2D eigenvalue weighted by Gasteiger charge is -2.13. The first-order chi connectivity index (χ1) is 8.90. The first kappa shape index (κ1) is 15.9. The highest BCUT2D eigenvalue weighted by molar-refractivity contribution is 5.79. The van der Waals surface area contributed by atoms with Crippen molar-refractivity contribution >= 4 is 5.78 Å². The Bertz CT molecular complexity index is 396. The van der Waals surface area contributed by atoms with E-state index in [-0.39, 0.29) is 12.2 Å². The van der Waals surface area contributed by atoms with Gasteiger partial charge in [0.05, 0.1) is 6.10 Å². The van der Waals surface area contributed by atoms with Gasteiger partial charge in [-0.2, -0.15) is 0 Å². The lowest BCUT2D eigenvalue weighted by Crippen LogP contribution is -2.34. The van der Waals surface area contributed by atoms with Crippen molar-refractivity contribution in [1.29, 1.82) is 0 Å². The van der Waals surface area contributed by atoms with Crippen LogP contribution in [0.15, 0.2) is 24.3 Å². The van der Waals surface area contributed by atoms with Crippen LogP contribution in [-0.4, -0.2) is 23.0 Å². The molecule has 2 atom stereocenters. The standard InChI is InChI=1S/C16H25NO2/c1-11(2)14-7-4-13(5-8-14)6-9-15(19)10-16(17)12(3)18/h4-5,7-8,11-12,16,18H,6,9-10,17H2,1-3H3. The molecule has 0 bridgehead atoms. The van der Waals surface area contributed by atoms with Gasteiger partial charge in [0, 0.05) is 18.9 Å². The number of aliphatic hydroxyl groups is 1. The predicted molar refractivity (Wildman–Crippen MR) is 78.1 cm³/mol. The molecule has 0 heterocycles. The Morgan fingerprint density at radius 1 is 1.21 bits per heavy atom. The highest BCUT2D eigenvalue weighted by Crippen LogP contribution is 2.15. The smallest absolute Gasteiger partial charge is 0.134 e. The lowest BCUT2D eigenvalue weighted by molar-refractivity contribution is -0.119. The summed E-state index contributed by atoms with van der Waals surface area (Å²) in [7, 11) is 0. The second-order valence-corrected chi connectivity index (χ2v) is 5.54. The minimum Gasteiger partial charge on any atom is -0.392 e. The minimum atomic E-state index is -0.630. The van der Waals surface area contributed by atoms with E-state index in [1.165, 1.54) is 11.1 Å². The molecular weight excluding hydrogens is 238 g/mol. The van der Waals surface area contributed by atoms with Crippen LogP contribution in [0.3, 0.4) is 0 Å². The molecule has 1 rings (SSSR count). The van der Waals surface area contributed by atoms with E-state index in [0.717, 1.165) is 6.42 Å². The first-order valence-electron chi connectivity index (χ1n) is 6.94. The molecule has 0 aromatic heterocycles. The molecule has 0 spiro atoms. The monoisotopic (exact) mass is 263 g/mol. The van der Waals surface area contributed by atoms with Gasteiger partial charge >= 0.3 is 0 Å².